The third-order valence-electron chi connectivity index (χ3n) is 5.60. The first-order valence-electron chi connectivity index (χ1n) is 10.9. The fourth-order valence-electron chi connectivity index (χ4n) is 3.88. The van der Waals surface area contributed by atoms with Crippen LogP contribution >= 0.6 is 11.6 Å². The quantitative estimate of drug-likeness (QED) is 0.257. The lowest BCUT2D eigenvalue weighted by molar-refractivity contribution is -0.137. The van der Waals surface area contributed by atoms with Gasteiger partial charge in [0.1, 0.15) is 5.65 Å². The Morgan fingerprint density at radius 2 is 1.51 bits per heavy atom. The lowest BCUT2D eigenvalue weighted by Gasteiger charge is -2.14. The number of sulfonamides is 1. The van der Waals surface area contributed by atoms with Crippen molar-refractivity contribution in [1.29, 1.82) is 0 Å². The normalized spacial score (nSPS) is 12.7. The smallest absolute Gasteiger partial charge is 0.285 e. The minimum Gasteiger partial charge on any atom is -0.285 e. The number of hydrogen-bond donors (Lipinski definition) is 0. The molecule has 0 fully saturated rings. The fourth-order valence-corrected chi connectivity index (χ4v) is 5.04. The van der Waals surface area contributed by atoms with E-state index in [4.69, 9.17) is 16.6 Å². The van der Waals surface area contributed by atoms with Crippen molar-refractivity contribution in [2.75, 3.05) is 0 Å². The maximum atomic E-state index is 13.4. The Kier molecular flexibility index (Phi) is 6.35. The van der Waals surface area contributed by atoms with Crippen LogP contribution in [0.25, 0.3) is 28.0 Å². The molecule has 0 saturated heterocycles. The van der Waals surface area contributed by atoms with Crippen LogP contribution in [0.15, 0.2) is 113 Å². The number of rotatable bonds is 4. The van der Waals surface area contributed by atoms with Crippen LogP contribution in [0, 0.1) is 0 Å². The van der Waals surface area contributed by atoms with Crippen LogP contribution in [-0.4, -0.2) is 17.8 Å². The van der Waals surface area contributed by atoms with Gasteiger partial charge in [0.2, 0.25) is 0 Å². The van der Waals surface area contributed by atoms with Gasteiger partial charge in [-0.15, -0.1) is 4.40 Å². The first-order chi connectivity index (χ1) is 17.6. The van der Waals surface area contributed by atoms with Crippen LogP contribution < -0.4 is 5.49 Å². The zero-order valence-corrected chi connectivity index (χ0v) is 20.5. The van der Waals surface area contributed by atoms with Crippen molar-refractivity contribution in [3.05, 3.63) is 119 Å². The lowest BCUT2D eigenvalue weighted by Crippen LogP contribution is -2.22. The van der Waals surface area contributed by atoms with Gasteiger partial charge in [-0.2, -0.15) is 21.6 Å². The number of alkyl halides is 3. The molecule has 0 aliphatic carbocycles. The van der Waals surface area contributed by atoms with Crippen molar-refractivity contribution < 1.29 is 21.6 Å². The average Bonchev–Trinajstić information content (AvgIpc) is 2.89. The summed E-state index contributed by atoms with van der Waals surface area (Å²) in [6.07, 6.45) is -3.11. The van der Waals surface area contributed by atoms with Crippen molar-refractivity contribution in [3.63, 3.8) is 0 Å². The second-order valence-corrected chi connectivity index (χ2v) is 10.1. The molecule has 2 heterocycles. The molecule has 0 bridgehead atoms. The van der Waals surface area contributed by atoms with Gasteiger partial charge < -0.3 is 0 Å². The molecule has 5 nitrogen and oxygen atoms in total. The third kappa shape index (κ3) is 5.00. The SMILES string of the molecule is O=S(=O)(/N=c1/c(-c2ccccc2)c(-c2ccc(Cl)cc2)nc2ccccn12)c1cccc(C(F)(F)F)c1. The Hall–Kier alpha value is -3.95. The van der Waals surface area contributed by atoms with Gasteiger partial charge in [-0.05, 0) is 48.0 Å². The van der Waals surface area contributed by atoms with Crippen LogP contribution in [-0.2, 0) is 16.2 Å². The van der Waals surface area contributed by atoms with E-state index in [9.17, 15) is 21.6 Å². The highest BCUT2D eigenvalue weighted by Crippen LogP contribution is 2.32. The first-order valence-corrected chi connectivity index (χ1v) is 12.8. The van der Waals surface area contributed by atoms with E-state index in [0.29, 0.717) is 39.1 Å². The van der Waals surface area contributed by atoms with Crippen LogP contribution in [0.1, 0.15) is 5.56 Å². The summed E-state index contributed by atoms with van der Waals surface area (Å²) in [5, 5.41) is 0.511. The molecule has 0 atom stereocenters. The zero-order valence-electron chi connectivity index (χ0n) is 18.9. The number of benzene rings is 3. The second kappa shape index (κ2) is 9.49. The van der Waals surface area contributed by atoms with Gasteiger partial charge in [-0.1, -0.05) is 66.2 Å². The van der Waals surface area contributed by atoms with E-state index in [2.05, 4.69) is 4.40 Å². The van der Waals surface area contributed by atoms with Crippen molar-refractivity contribution in [2.45, 2.75) is 11.1 Å². The predicted molar refractivity (Wildman–Crippen MR) is 135 cm³/mol. The maximum absolute atomic E-state index is 13.4. The fraction of sp³-hybridized carbons (Fsp3) is 0.0370. The third-order valence-corrected chi connectivity index (χ3v) is 7.11. The summed E-state index contributed by atoms with van der Waals surface area (Å²) in [6, 6.07) is 24.4. The second-order valence-electron chi connectivity index (χ2n) is 8.05. The molecule has 0 unspecified atom stereocenters. The van der Waals surface area contributed by atoms with Gasteiger partial charge >= 0.3 is 6.18 Å². The highest BCUT2D eigenvalue weighted by Gasteiger charge is 2.31. The van der Waals surface area contributed by atoms with Crippen molar-refractivity contribution in [1.82, 2.24) is 9.38 Å². The topological polar surface area (TPSA) is 63.8 Å². The number of halogens is 4. The molecular weight excluding hydrogens is 523 g/mol. The molecule has 5 aromatic rings. The van der Waals surface area contributed by atoms with Gasteiger partial charge in [0.05, 0.1) is 21.7 Å². The number of pyridine rings is 1. The summed E-state index contributed by atoms with van der Waals surface area (Å²) in [7, 11) is -4.57. The number of fused-ring (bicyclic) bond motifs is 1. The highest BCUT2D eigenvalue weighted by molar-refractivity contribution is 7.90. The largest absolute Gasteiger partial charge is 0.416 e. The highest BCUT2D eigenvalue weighted by atomic mass is 35.5. The van der Waals surface area contributed by atoms with Crippen LogP contribution in [0.2, 0.25) is 5.02 Å². The number of hydrogen-bond acceptors (Lipinski definition) is 3. The Morgan fingerprint density at radius 1 is 0.811 bits per heavy atom. The monoisotopic (exact) mass is 539 g/mol. The zero-order chi connectivity index (χ0) is 26.2. The Bertz CT molecular complexity index is 1780. The summed E-state index contributed by atoms with van der Waals surface area (Å²) in [4.78, 5) is 4.20. The van der Waals surface area contributed by atoms with Crippen molar-refractivity contribution in [2.24, 2.45) is 4.40 Å². The van der Waals surface area contributed by atoms with E-state index in [-0.39, 0.29) is 5.49 Å². The molecule has 3 aromatic carbocycles. The molecule has 10 heteroatoms. The van der Waals surface area contributed by atoms with Crippen LogP contribution in [0.4, 0.5) is 13.2 Å². The van der Waals surface area contributed by atoms with Gasteiger partial charge in [-0.3, -0.25) is 4.40 Å². The summed E-state index contributed by atoms with van der Waals surface area (Å²) >= 11 is 6.08. The molecular formula is C27H17ClF3N3O2S. The standard InChI is InChI=1S/C27H17ClF3N3O2S/c28-21-14-12-19(13-15-21)25-24(18-7-2-1-3-8-18)26(34-16-5-4-11-23(34)32-25)33-37(35,36)22-10-6-9-20(17-22)27(29,30)31/h1-17H/b33-26-. The van der Waals surface area contributed by atoms with E-state index in [1.165, 1.54) is 4.40 Å². The minimum atomic E-state index is -4.71. The van der Waals surface area contributed by atoms with Crippen molar-refractivity contribution in [3.8, 4) is 22.4 Å². The van der Waals surface area contributed by atoms with E-state index in [1.807, 2.05) is 6.07 Å². The van der Waals surface area contributed by atoms with E-state index >= 15 is 0 Å². The molecule has 2 aromatic heterocycles. The minimum absolute atomic E-state index is 0.000776. The molecule has 0 aliphatic rings. The Balaban J connectivity index is 1.89. The summed E-state index contributed by atoms with van der Waals surface area (Å²) in [5.74, 6) is 0. The van der Waals surface area contributed by atoms with Gasteiger partial charge in [-0.25, -0.2) is 4.98 Å². The molecule has 0 saturated carbocycles. The Labute approximate surface area is 215 Å². The summed E-state index contributed by atoms with van der Waals surface area (Å²) in [6.45, 7) is 0. The Morgan fingerprint density at radius 3 is 2.22 bits per heavy atom. The van der Waals surface area contributed by atoms with Crippen molar-refractivity contribution >= 4 is 27.3 Å². The number of aromatic nitrogens is 2. The predicted octanol–water partition coefficient (Wildman–Crippen LogP) is 6.63. The molecule has 5 rings (SSSR count). The van der Waals surface area contributed by atoms with E-state index in [1.54, 1.807) is 72.9 Å². The molecule has 37 heavy (non-hydrogen) atoms. The van der Waals surface area contributed by atoms with Gasteiger partial charge in [0.15, 0.2) is 5.49 Å². The molecule has 0 N–H and O–H groups in total. The molecule has 0 amide bonds. The van der Waals surface area contributed by atoms with Crippen LogP contribution in [0.5, 0.6) is 0 Å². The van der Waals surface area contributed by atoms with Gasteiger partial charge in [0, 0.05) is 16.8 Å². The summed E-state index contributed by atoms with van der Waals surface area (Å²) in [5.41, 5.74) is 1.42. The summed E-state index contributed by atoms with van der Waals surface area (Å²) < 4.78 is 72.3. The first kappa shape index (κ1) is 24.7. The molecule has 0 radical (unpaired) electrons. The van der Waals surface area contributed by atoms with E-state index in [0.717, 1.165) is 18.2 Å². The molecule has 0 aliphatic heterocycles. The maximum Gasteiger partial charge on any atom is 0.416 e. The molecule has 186 valence electrons. The lowest BCUT2D eigenvalue weighted by atomic mass is 10.00. The van der Waals surface area contributed by atoms with Gasteiger partial charge in [0.25, 0.3) is 10.0 Å². The number of nitrogens with zero attached hydrogens (tertiary/aromatic N) is 3. The molecule has 0 spiro atoms. The average molecular weight is 540 g/mol. The van der Waals surface area contributed by atoms with Crippen LogP contribution in [0.3, 0.4) is 0 Å². The van der Waals surface area contributed by atoms with E-state index < -0.39 is 26.7 Å².